The minimum atomic E-state index is -0.448. The van der Waals surface area contributed by atoms with Gasteiger partial charge in [0.25, 0.3) is 5.91 Å². The van der Waals surface area contributed by atoms with Crippen LogP contribution in [0.5, 0.6) is 0 Å². The molecule has 0 bridgehead atoms. The highest BCUT2D eigenvalue weighted by molar-refractivity contribution is 5.94. The molecule has 0 aromatic carbocycles. The van der Waals surface area contributed by atoms with Crippen molar-refractivity contribution >= 4 is 5.91 Å². The van der Waals surface area contributed by atoms with Crippen LogP contribution in [0.3, 0.4) is 0 Å². The monoisotopic (exact) mass is 236 g/mol. The number of likely N-dealkylation sites (tertiary alicyclic amines) is 1. The maximum absolute atomic E-state index is 12.2. The van der Waals surface area contributed by atoms with Crippen molar-refractivity contribution in [3.05, 3.63) is 34.4 Å². The van der Waals surface area contributed by atoms with E-state index in [4.69, 9.17) is 10.2 Å². The largest absolute Gasteiger partial charge is 0.430 e. The molecule has 1 aromatic rings. The maximum Gasteiger partial charge on any atom is 0.335 e. The summed E-state index contributed by atoms with van der Waals surface area (Å²) in [5, 5.41) is 0. The summed E-state index contributed by atoms with van der Waals surface area (Å²) in [4.78, 5) is 24.8. The quantitative estimate of drug-likeness (QED) is 0.808. The van der Waals surface area contributed by atoms with Crippen LogP contribution in [-0.4, -0.2) is 29.9 Å². The van der Waals surface area contributed by atoms with Crippen molar-refractivity contribution in [1.29, 1.82) is 0 Å². The molecule has 2 heterocycles. The Kier molecular flexibility index (Phi) is 3.28. The SMILES string of the molecule is CC1CC(CN)CN1C(=O)c1ccc(=O)oc1. The Labute approximate surface area is 99.2 Å². The molecule has 0 radical (unpaired) electrons. The van der Waals surface area contributed by atoms with Crippen LogP contribution in [0.4, 0.5) is 0 Å². The smallest absolute Gasteiger partial charge is 0.335 e. The summed E-state index contributed by atoms with van der Waals surface area (Å²) >= 11 is 0. The van der Waals surface area contributed by atoms with Gasteiger partial charge in [-0.1, -0.05) is 0 Å². The van der Waals surface area contributed by atoms with E-state index >= 15 is 0 Å². The van der Waals surface area contributed by atoms with Crippen LogP contribution >= 0.6 is 0 Å². The van der Waals surface area contributed by atoms with Crippen molar-refractivity contribution in [2.75, 3.05) is 13.1 Å². The average molecular weight is 236 g/mol. The van der Waals surface area contributed by atoms with E-state index in [0.717, 1.165) is 6.42 Å². The summed E-state index contributed by atoms with van der Waals surface area (Å²) < 4.78 is 4.70. The molecule has 2 rings (SSSR count). The third-order valence-electron chi connectivity index (χ3n) is 3.20. The molecular weight excluding hydrogens is 220 g/mol. The van der Waals surface area contributed by atoms with E-state index in [1.54, 1.807) is 4.90 Å². The summed E-state index contributed by atoms with van der Waals surface area (Å²) in [5.41, 5.74) is 5.58. The molecule has 1 fully saturated rings. The second-order valence-electron chi connectivity index (χ2n) is 4.49. The van der Waals surface area contributed by atoms with Crippen molar-refractivity contribution < 1.29 is 9.21 Å². The number of carbonyl (C=O) groups is 1. The average Bonchev–Trinajstić information content (AvgIpc) is 2.71. The van der Waals surface area contributed by atoms with Crippen LogP contribution in [-0.2, 0) is 0 Å². The third-order valence-corrected chi connectivity index (χ3v) is 3.20. The lowest BCUT2D eigenvalue weighted by molar-refractivity contribution is 0.0740. The number of hydrogen-bond donors (Lipinski definition) is 1. The number of hydrogen-bond acceptors (Lipinski definition) is 4. The molecule has 5 nitrogen and oxygen atoms in total. The van der Waals surface area contributed by atoms with Crippen LogP contribution in [0.2, 0.25) is 0 Å². The predicted octanol–water partition coefficient (Wildman–Crippen LogP) is 0.449. The Balaban J connectivity index is 2.15. The van der Waals surface area contributed by atoms with Crippen molar-refractivity contribution in [3.63, 3.8) is 0 Å². The molecule has 17 heavy (non-hydrogen) atoms. The molecule has 0 saturated carbocycles. The molecule has 2 atom stereocenters. The number of rotatable bonds is 2. The van der Waals surface area contributed by atoms with Gasteiger partial charge in [0.1, 0.15) is 6.26 Å². The van der Waals surface area contributed by atoms with Crippen molar-refractivity contribution in [1.82, 2.24) is 4.90 Å². The Morgan fingerprint density at radius 3 is 2.88 bits per heavy atom. The molecular formula is C12H16N2O3. The molecule has 2 unspecified atom stereocenters. The number of carbonyl (C=O) groups excluding carboxylic acids is 1. The standard InChI is InChI=1S/C12H16N2O3/c1-8-4-9(5-13)6-14(8)12(16)10-2-3-11(15)17-7-10/h2-3,7-9H,4-6,13H2,1H3. The van der Waals surface area contributed by atoms with Crippen LogP contribution in [0.15, 0.2) is 27.6 Å². The van der Waals surface area contributed by atoms with Gasteiger partial charge in [0.2, 0.25) is 0 Å². The highest BCUT2D eigenvalue weighted by atomic mass is 16.4. The second kappa shape index (κ2) is 4.71. The topological polar surface area (TPSA) is 76.5 Å². The fraction of sp³-hybridized carbons (Fsp3) is 0.500. The highest BCUT2D eigenvalue weighted by Gasteiger charge is 2.32. The summed E-state index contributed by atoms with van der Waals surface area (Å²) in [7, 11) is 0. The molecule has 5 heteroatoms. The first-order valence-corrected chi connectivity index (χ1v) is 5.71. The predicted molar refractivity (Wildman–Crippen MR) is 62.6 cm³/mol. The zero-order valence-electron chi connectivity index (χ0n) is 9.76. The van der Waals surface area contributed by atoms with E-state index in [1.807, 2.05) is 6.92 Å². The lowest BCUT2D eigenvalue weighted by Crippen LogP contribution is -2.34. The minimum Gasteiger partial charge on any atom is -0.430 e. The van der Waals surface area contributed by atoms with Crippen LogP contribution in [0.1, 0.15) is 23.7 Å². The van der Waals surface area contributed by atoms with Crippen molar-refractivity contribution in [3.8, 4) is 0 Å². The van der Waals surface area contributed by atoms with Gasteiger partial charge in [-0.05, 0) is 31.9 Å². The number of nitrogens with zero attached hydrogens (tertiary/aromatic N) is 1. The fourth-order valence-electron chi connectivity index (χ4n) is 2.24. The zero-order valence-corrected chi connectivity index (χ0v) is 9.76. The molecule has 1 aliphatic rings. The minimum absolute atomic E-state index is 0.0998. The Morgan fingerprint density at radius 2 is 2.35 bits per heavy atom. The molecule has 92 valence electrons. The lowest BCUT2D eigenvalue weighted by Gasteiger charge is -2.21. The van der Waals surface area contributed by atoms with Gasteiger partial charge in [-0.15, -0.1) is 0 Å². The molecule has 1 aliphatic heterocycles. The summed E-state index contributed by atoms with van der Waals surface area (Å²) in [5.74, 6) is 0.266. The van der Waals surface area contributed by atoms with Gasteiger partial charge < -0.3 is 15.1 Å². The first-order chi connectivity index (χ1) is 8.11. The highest BCUT2D eigenvalue weighted by Crippen LogP contribution is 2.23. The van der Waals surface area contributed by atoms with Gasteiger partial charge in [0.15, 0.2) is 0 Å². The van der Waals surface area contributed by atoms with E-state index in [1.165, 1.54) is 18.4 Å². The van der Waals surface area contributed by atoms with E-state index in [-0.39, 0.29) is 11.9 Å². The van der Waals surface area contributed by atoms with Gasteiger partial charge in [0.05, 0.1) is 5.56 Å². The van der Waals surface area contributed by atoms with Crippen LogP contribution < -0.4 is 11.4 Å². The van der Waals surface area contributed by atoms with E-state index in [9.17, 15) is 9.59 Å². The van der Waals surface area contributed by atoms with Crippen molar-refractivity contribution in [2.45, 2.75) is 19.4 Å². The van der Waals surface area contributed by atoms with E-state index in [0.29, 0.717) is 24.6 Å². The molecule has 1 aromatic heterocycles. The van der Waals surface area contributed by atoms with Gasteiger partial charge in [-0.25, -0.2) is 4.79 Å². The number of amides is 1. The van der Waals surface area contributed by atoms with Gasteiger partial charge in [0, 0.05) is 18.7 Å². The normalized spacial score (nSPS) is 24.0. The molecule has 0 spiro atoms. The summed E-state index contributed by atoms with van der Waals surface area (Å²) in [6.45, 7) is 3.28. The summed E-state index contributed by atoms with van der Waals surface area (Å²) in [6.07, 6.45) is 2.15. The molecule has 1 amide bonds. The van der Waals surface area contributed by atoms with Gasteiger partial charge in [-0.2, -0.15) is 0 Å². The Bertz CT molecular complexity index is 449. The second-order valence-corrected chi connectivity index (χ2v) is 4.49. The molecule has 2 N–H and O–H groups in total. The Morgan fingerprint density at radius 1 is 1.59 bits per heavy atom. The number of nitrogens with two attached hydrogens (primary N) is 1. The van der Waals surface area contributed by atoms with Crippen molar-refractivity contribution in [2.24, 2.45) is 11.7 Å². The van der Waals surface area contributed by atoms with Crippen LogP contribution in [0.25, 0.3) is 0 Å². The maximum atomic E-state index is 12.2. The lowest BCUT2D eigenvalue weighted by atomic mass is 10.1. The summed E-state index contributed by atoms with van der Waals surface area (Å²) in [6, 6.07) is 2.94. The van der Waals surface area contributed by atoms with E-state index in [2.05, 4.69) is 0 Å². The molecule has 0 aliphatic carbocycles. The van der Waals surface area contributed by atoms with Gasteiger partial charge in [-0.3, -0.25) is 4.79 Å². The third kappa shape index (κ3) is 2.39. The van der Waals surface area contributed by atoms with E-state index < -0.39 is 5.63 Å². The first-order valence-electron chi connectivity index (χ1n) is 5.71. The first kappa shape index (κ1) is 11.9. The van der Waals surface area contributed by atoms with Crippen LogP contribution in [0, 0.1) is 5.92 Å². The fourth-order valence-corrected chi connectivity index (χ4v) is 2.24. The zero-order chi connectivity index (χ0) is 12.4. The Hall–Kier alpha value is -1.62. The van der Waals surface area contributed by atoms with Gasteiger partial charge >= 0.3 is 5.63 Å². The molecule has 1 saturated heterocycles.